The van der Waals surface area contributed by atoms with Gasteiger partial charge in [0.2, 0.25) is 0 Å². The van der Waals surface area contributed by atoms with Crippen LogP contribution in [0.4, 0.5) is 34.1 Å². The Hall–Kier alpha value is -5.02. The number of rotatable bonds is 4. The van der Waals surface area contributed by atoms with E-state index in [-0.39, 0.29) is 44.6 Å². The van der Waals surface area contributed by atoms with Gasteiger partial charge in [-0.05, 0) is 199 Å². The molecule has 3 aliphatic carbocycles. The summed E-state index contributed by atoms with van der Waals surface area (Å²) in [6, 6.07) is 41.9. The van der Waals surface area contributed by atoms with Crippen molar-refractivity contribution in [2.24, 2.45) is 0 Å². The molecule has 0 atom stereocenters. The zero-order valence-corrected chi connectivity index (χ0v) is 44.5. The maximum absolute atomic E-state index is 2.75. The zero-order valence-electron chi connectivity index (χ0n) is 44.5. The SMILES string of the molecule is Cc1cc2c3c(c1)N(c1cc4c(cc1C)C(C)(C)CCC4(C)C)c1cc4c(cc1B3c1cc(C(C)(C)c3ccccc3)ccc1N2c1ccc2c(c1)C(C)(C)CCC2(C)C)C(C)(C)CCC4(C)C. The number of benzene rings is 6. The predicted molar refractivity (Wildman–Crippen MR) is 294 cm³/mol. The van der Waals surface area contributed by atoms with Crippen molar-refractivity contribution in [3.63, 3.8) is 0 Å². The third-order valence-corrected chi connectivity index (χ3v) is 18.9. The highest BCUT2D eigenvalue weighted by molar-refractivity contribution is 7.00. The molecule has 68 heavy (non-hydrogen) atoms. The molecule has 0 radical (unpaired) electrons. The monoisotopic (exact) mass is 897 g/mol. The first-order valence-corrected chi connectivity index (χ1v) is 26.2. The lowest BCUT2D eigenvalue weighted by atomic mass is 9.33. The first kappa shape index (κ1) is 45.4. The van der Waals surface area contributed by atoms with E-state index in [4.69, 9.17) is 0 Å². The van der Waals surface area contributed by atoms with Gasteiger partial charge in [0.25, 0.3) is 6.71 Å². The van der Waals surface area contributed by atoms with Crippen molar-refractivity contribution in [1.29, 1.82) is 0 Å². The normalized spacial score (nSPS) is 20.6. The van der Waals surface area contributed by atoms with Crippen molar-refractivity contribution in [2.45, 2.75) is 187 Å². The van der Waals surface area contributed by atoms with E-state index in [1.54, 1.807) is 0 Å². The van der Waals surface area contributed by atoms with Gasteiger partial charge in [-0.3, -0.25) is 0 Å². The summed E-state index contributed by atoms with van der Waals surface area (Å²) in [6.07, 6.45) is 7.15. The summed E-state index contributed by atoms with van der Waals surface area (Å²) >= 11 is 0. The molecule has 0 bridgehead atoms. The molecule has 0 spiro atoms. The van der Waals surface area contributed by atoms with E-state index in [2.05, 4.69) is 224 Å². The molecule has 6 aromatic carbocycles. The van der Waals surface area contributed by atoms with E-state index in [1.807, 2.05) is 0 Å². The second-order valence-electron chi connectivity index (χ2n) is 26.8. The van der Waals surface area contributed by atoms with E-state index in [0.29, 0.717) is 0 Å². The van der Waals surface area contributed by atoms with E-state index >= 15 is 0 Å². The van der Waals surface area contributed by atoms with Crippen LogP contribution in [0.25, 0.3) is 0 Å². The van der Waals surface area contributed by atoms with Crippen molar-refractivity contribution < 1.29 is 0 Å². The van der Waals surface area contributed by atoms with Crippen molar-refractivity contribution in [1.82, 2.24) is 0 Å². The second-order valence-corrected chi connectivity index (χ2v) is 26.8. The number of anilines is 6. The molecule has 0 aromatic heterocycles. The molecule has 3 heteroatoms. The number of nitrogens with zero attached hydrogens (tertiary/aromatic N) is 2. The van der Waals surface area contributed by atoms with E-state index in [0.717, 1.165) is 0 Å². The number of fused-ring (bicyclic) bond motifs is 7. The van der Waals surface area contributed by atoms with Gasteiger partial charge in [-0.1, -0.05) is 158 Å². The van der Waals surface area contributed by atoms with Crippen molar-refractivity contribution in [3.05, 3.63) is 159 Å². The fraction of sp³-hybridized carbons (Fsp3) is 0.446. The van der Waals surface area contributed by atoms with Gasteiger partial charge in [-0.15, -0.1) is 0 Å². The standard InChI is InChI=1S/C65H77BN2/c1-40-32-56-58-57(33-40)68(54-38-49-46(34-41(54)2)60(5,6)28-30-63(49,11)12)55-39-50-48(62(9,10)29-31-64(50,13)14)37-52(55)66(58)51-35-43(65(15,16)42-20-18-17-19-21-42)22-25-53(51)67(56)44-23-24-45-47(36-44)61(7,8)27-26-59(45,3)4/h17-25,32-39H,26-31H2,1-16H3. The quantitative estimate of drug-likeness (QED) is 0.162. The molecule has 6 aromatic rings. The average Bonchev–Trinajstić information content (AvgIpc) is 3.28. The van der Waals surface area contributed by atoms with Crippen LogP contribution < -0.4 is 26.2 Å². The van der Waals surface area contributed by atoms with Crippen LogP contribution in [0.15, 0.2) is 103 Å². The molecule has 0 fully saturated rings. The maximum atomic E-state index is 2.75. The zero-order chi connectivity index (χ0) is 48.5. The van der Waals surface area contributed by atoms with Crippen molar-refractivity contribution in [3.8, 4) is 0 Å². The fourth-order valence-corrected chi connectivity index (χ4v) is 13.8. The topological polar surface area (TPSA) is 6.48 Å². The van der Waals surface area contributed by atoms with Crippen LogP contribution in [0.5, 0.6) is 0 Å². The van der Waals surface area contributed by atoms with E-state index in [9.17, 15) is 0 Å². The first-order chi connectivity index (χ1) is 31.7. The fourth-order valence-electron chi connectivity index (χ4n) is 13.8. The molecule has 2 aliphatic heterocycles. The van der Waals surface area contributed by atoms with Crippen molar-refractivity contribution in [2.75, 3.05) is 9.80 Å². The van der Waals surface area contributed by atoms with Gasteiger partial charge >= 0.3 is 0 Å². The Balaban J connectivity index is 1.26. The Morgan fingerprint density at radius 1 is 0.397 bits per heavy atom. The van der Waals surface area contributed by atoms with Gasteiger partial charge in [0.05, 0.1) is 0 Å². The lowest BCUT2D eigenvalue weighted by Gasteiger charge is -2.48. The Morgan fingerprint density at radius 3 is 1.44 bits per heavy atom. The summed E-state index contributed by atoms with van der Waals surface area (Å²) in [7, 11) is 0. The highest BCUT2D eigenvalue weighted by Crippen LogP contribution is 2.55. The van der Waals surface area contributed by atoms with E-state index < -0.39 is 0 Å². The minimum atomic E-state index is -0.203. The highest BCUT2D eigenvalue weighted by atomic mass is 15.2. The second kappa shape index (κ2) is 14.5. The van der Waals surface area contributed by atoms with Gasteiger partial charge in [0.15, 0.2) is 0 Å². The third-order valence-electron chi connectivity index (χ3n) is 18.9. The molecule has 0 saturated carbocycles. The Bertz CT molecular complexity index is 3080. The third kappa shape index (κ3) is 6.63. The first-order valence-electron chi connectivity index (χ1n) is 26.2. The maximum Gasteiger partial charge on any atom is 0.252 e. The minimum absolute atomic E-state index is 0.0390. The van der Waals surface area contributed by atoms with Crippen LogP contribution in [0.1, 0.15) is 191 Å². The summed E-state index contributed by atoms with van der Waals surface area (Å²) in [4.78, 5) is 5.43. The Morgan fingerprint density at radius 2 is 0.868 bits per heavy atom. The van der Waals surface area contributed by atoms with Gasteiger partial charge in [0.1, 0.15) is 0 Å². The lowest BCUT2D eigenvalue weighted by Crippen LogP contribution is -2.62. The molecule has 0 saturated heterocycles. The summed E-state index contributed by atoms with van der Waals surface area (Å²) in [5, 5.41) is 0. The average molecular weight is 897 g/mol. The molecular weight excluding hydrogens is 820 g/mol. The molecule has 5 aliphatic rings. The van der Waals surface area contributed by atoms with Crippen LogP contribution in [-0.2, 0) is 37.9 Å². The van der Waals surface area contributed by atoms with Crippen LogP contribution >= 0.6 is 0 Å². The molecule has 0 amide bonds. The Kier molecular flexibility index (Phi) is 9.70. The molecule has 0 unspecified atom stereocenters. The predicted octanol–water partition coefficient (Wildman–Crippen LogP) is 15.8. The van der Waals surface area contributed by atoms with Gasteiger partial charge < -0.3 is 9.80 Å². The largest absolute Gasteiger partial charge is 0.311 e. The summed E-state index contributed by atoms with van der Waals surface area (Å²) < 4.78 is 0. The summed E-state index contributed by atoms with van der Waals surface area (Å²) in [6.45, 7) is 39.4. The van der Waals surface area contributed by atoms with Gasteiger partial charge in [0, 0.05) is 39.5 Å². The van der Waals surface area contributed by atoms with Crippen molar-refractivity contribution >= 4 is 57.2 Å². The molecule has 11 rings (SSSR count). The molecular formula is C65H77BN2. The van der Waals surface area contributed by atoms with Crippen LogP contribution in [0, 0.1) is 13.8 Å². The molecule has 2 heterocycles. The molecule has 0 N–H and O–H groups in total. The lowest BCUT2D eigenvalue weighted by molar-refractivity contribution is 0.331. The number of aryl methyl sites for hydroxylation is 2. The van der Waals surface area contributed by atoms with Crippen LogP contribution in [0.3, 0.4) is 0 Å². The van der Waals surface area contributed by atoms with Crippen LogP contribution in [-0.4, -0.2) is 6.71 Å². The summed E-state index contributed by atoms with van der Waals surface area (Å²) in [5.74, 6) is 0. The van der Waals surface area contributed by atoms with E-state index in [1.165, 1.54) is 145 Å². The van der Waals surface area contributed by atoms with Crippen LogP contribution in [0.2, 0.25) is 0 Å². The number of hydrogen-bond acceptors (Lipinski definition) is 2. The van der Waals surface area contributed by atoms with Gasteiger partial charge in [-0.2, -0.15) is 0 Å². The Labute approximate surface area is 411 Å². The molecule has 2 nitrogen and oxygen atoms in total. The van der Waals surface area contributed by atoms with Gasteiger partial charge in [-0.25, -0.2) is 0 Å². The number of hydrogen-bond donors (Lipinski definition) is 0. The molecule has 350 valence electrons. The highest BCUT2D eigenvalue weighted by Gasteiger charge is 2.48. The summed E-state index contributed by atoms with van der Waals surface area (Å²) in [5.41, 5.74) is 26.9. The smallest absolute Gasteiger partial charge is 0.252 e. The minimum Gasteiger partial charge on any atom is -0.311 e.